The molecule has 0 rings (SSSR count). The molecule has 21 heavy (non-hydrogen) atoms. The summed E-state index contributed by atoms with van der Waals surface area (Å²) in [5.74, 6) is -0.776. The summed E-state index contributed by atoms with van der Waals surface area (Å²) in [5, 5.41) is 0. The fourth-order valence-corrected chi connectivity index (χ4v) is 0.996. The molecule has 120 valence electrons. The Hall–Kier alpha value is -1.70. The molecule has 0 radical (unpaired) electrons. The summed E-state index contributed by atoms with van der Waals surface area (Å²) in [5.41, 5.74) is 0. The summed E-state index contributed by atoms with van der Waals surface area (Å²) in [4.78, 5) is 21.9. The van der Waals surface area contributed by atoms with E-state index in [9.17, 15) is 9.59 Å². The van der Waals surface area contributed by atoms with Crippen LogP contribution in [0.4, 0.5) is 0 Å². The lowest BCUT2D eigenvalue weighted by Crippen LogP contribution is -2.26. The van der Waals surface area contributed by atoms with E-state index >= 15 is 0 Å². The van der Waals surface area contributed by atoms with E-state index in [1.807, 2.05) is 0 Å². The lowest BCUT2D eigenvalue weighted by atomic mass is 10.5. The zero-order valence-corrected chi connectivity index (χ0v) is 12.4. The molecule has 2 atom stereocenters. The number of carbonyl (C=O) groups excluding carboxylic acids is 2. The highest BCUT2D eigenvalue weighted by Crippen LogP contribution is 2.05. The van der Waals surface area contributed by atoms with E-state index in [4.69, 9.17) is 23.7 Å². The highest BCUT2D eigenvalue weighted by Gasteiger charge is 2.13. The van der Waals surface area contributed by atoms with Crippen LogP contribution >= 0.6 is 0 Å². The summed E-state index contributed by atoms with van der Waals surface area (Å²) in [6.07, 6.45) is 1.50. The van der Waals surface area contributed by atoms with Crippen LogP contribution in [0.15, 0.2) is 25.3 Å². The predicted octanol–water partition coefficient (Wildman–Crippen LogP) is 1.88. The maximum atomic E-state index is 10.9. The highest BCUT2D eigenvalue weighted by atomic mass is 16.8. The molecule has 0 saturated carbocycles. The molecule has 0 spiro atoms. The van der Waals surface area contributed by atoms with Gasteiger partial charge in [-0.1, -0.05) is 27.0 Å². The first-order valence-electron chi connectivity index (χ1n) is 6.52. The van der Waals surface area contributed by atoms with Crippen molar-refractivity contribution in [3.05, 3.63) is 25.3 Å². The smallest absolute Gasteiger partial charge is 0.307 e. The van der Waals surface area contributed by atoms with Crippen molar-refractivity contribution in [1.29, 1.82) is 0 Å². The van der Waals surface area contributed by atoms with Crippen LogP contribution in [0.3, 0.4) is 0 Å². The number of esters is 2. The first-order valence-corrected chi connectivity index (χ1v) is 6.52. The van der Waals surface area contributed by atoms with Crippen LogP contribution in [-0.4, -0.2) is 38.1 Å². The van der Waals surface area contributed by atoms with Crippen LogP contribution in [0.1, 0.15) is 26.7 Å². The Balaban J connectivity index is 4.05. The van der Waals surface area contributed by atoms with Gasteiger partial charge in [0.15, 0.2) is 26.2 Å². The maximum absolute atomic E-state index is 10.9. The molecule has 0 amide bonds. The molecule has 0 N–H and O–H groups in total. The van der Waals surface area contributed by atoms with Gasteiger partial charge < -0.3 is 23.7 Å². The van der Waals surface area contributed by atoms with E-state index in [0.717, 1.165) is 0 Å². The van der Waals surface area contributed by atoms with Crippen molar-refractivity contribution in [2.45, 2.75) is 39.3 Å². The third-order valence-electron chi connectivity index (χ3n) is 2.13. The molecule has 7 heteroatoms. The standard InChI is InChI=1S/C14H22O7/c1-5-11(15)17-9-19-13(7-3)21-14(8-4)20-10-18-12(16)6-2/h7-8,13-14H,3-6,9-10H2,1-2H3. The molecule has 0 bridgehead atoms. The molecule has 0 aromatic rings. The average molecular weight is 302 g/mol. The van der Waals surface area contributed by atoms with Crippen LogP contribution in [-0.2, 0) is 33.3 Å². The fourth-order valence-electron chi connectivity index (χ4n) is 0.996. The van der Waals surface area contributed by atoms with E-state index in [-0.39, 0.29) is 38.4 Å². The second-order valence-electron chi connectivity index (χ2n) is 3.65. The lowest BCUT2D eigenvalue weighted by molar-refractivity contribution is -0.247. The molecule has 0 aromatic heterocycles. The van der Waals surface area contributed by atoms with Crippen LogP contribution in [0.5, 0.6) is 0 Å². The summed E-state index contributed by atoms with van der Waals surface area (Å²) in [7, 11) is 0. The third-order valence-corrected chi connectivity index (χ3v) is 2.13. The second-order valence-corrected chi connectivity index (χ2v) is 3.65. The minimum atomic E-state index is -0.862. The van der Waals surface area contributed by atoms with Crippen molar-refractivity contribution in [1.82, 2.24) is 0 Å². The Bertz CT molecular complexity index is 308. The number of rotatable bonds is 12. The van der Waals surface area contributed by atoms with Crippen molar-refractivity contribution >= 4 is 11.9 Å². The normalized spacial score (nSPS) is 13.0. The molecule has 0 aliphatic carbocycles. The van der Waals surface area contributed by atoms with Gasteiger partial charge in [-0.25, -0.2) is 0 Å². The molecule has 0 aromatic carbocycles. The lowest BCUT2D eigenvalue weighted by Gasteiger charge is -2.20. The summed E-state index contributed by atoms with van der Waals surface area (Å²) in [6.45, 7) is 9.85. The first-order chi connectivity index (χ1) is 10.1. The molecule has 7 nitrogen and oxygen atoms in total. The highest BCUT2D eigenvalue weighted by molar-refractivity contribution is 5.69. The summed E-state index contributed by atoms with van der Waals surface area (Å²) < 4.78 is 25.1. The Morgan fingerprint density at radius 3 is 1.57 bits per heavy atom. The van der Waals surface area contributed by atoms with E-state index in [2.05, 4.69) is 13.2 Å². The van der Waals surface area contributed by atoms with Gasteiger partial charge >= 0.3 is 11.9 Å². The molecular weight excluding hydrogens is 280 g/mol. The molecule has 0 fully saturated rings. The van der Waals surface area contributed by atoms with Crippen LogP contribution in [0.25, 0.3) is 0 Å². The van der Waals surface area contributed by atoms with E-state index in [0.29, 0.717) is 0 Å². The number of hydrogen-bond donors (Lipinski definition) is 0. The van der Waals surface area contributed by atoms with Crippen molar-refractivity contribution in [3.63, 3.8) is 0 Å². The van der Waals surface area contributed by atoms with Crippen molar-refractivity contribution in [2.24, 2.45) is 0 Å². The quantitative estimate of drug-likeness (QED) is 0.309. The molecule has 2 unspecified atom stereocenters. The molecule has 0 aliphatic rings. The maximum Gasteiger partial charge on any atom is 0.307 e. The van der Waals surface area contributed by atoms with Gasteiger partial charge in [-0.05, 0) is 12.2 Å². The van der Waals surface area contributed by atoms with Gasteiger partial charge in [-0.15, -0.1) is 0 Å². The average Bonchev–Trinajstić information content (AvgIpc) is 2.51. The van der Waals surface area contributed by atoms with Crippen LogP contribution in [0.2, 0.25) is 0 Å². The predicted molar refractivity (Wildman–Crippen MR) is 73.7 cm³/mol. The van der Waals surface area contributed by atoms with Crippen molar-refractivity contribution in [3.8, 4) is 0 Å². The van der Waals surface area contributed by atoms with Crippen molar-refractivity contribution < 1.29 is 33.3 Å². The molecular formula is C14H22O7. The summed E-state index contributed by atoms with van der Waals surface area (Å²) >= 11 is 0. The number of ether oxygens (including phenoxy) is 5. The van der Waals surface area contributed by atoms with Gasteiger partial charge in [0.1, 0.15) is 0 Å². The Morgan fingerprint density at radius 2 is 1.29 bits per heavy atom. The fraction of sp³-hybridized carbons (Fsp3) is 0.571. The van der Waals surface area contributed by atoms with Gasteiger partial charge in [-0.2, -0.15) is 0 Å². The SMILES string of the molecule is C=CC(OCOC(=O)CC)OC(C=C)OCOC(=O)CC. The minimum absolute atomic E-state index is 0.254. The Morgan fingerprint density at radius 1 is 0.905 bits per heavy atom. The van der Waals surface area contributed by atoms with Gasteiger partial charge in [0.25, 0.3) is 0 Å². The second kappa shape index (κ2) is 12.1. The summed E-state index contributed by atoms with van der Waals surface area (Å²) in [6, 6.07) is 0. The molecule has 0 aliphatic heterocycles. The third kappa shape index (κ3) is 9.78. The molecule has 0 saturated heterocycles. The topological polar surface area (TPSA) is 80.3 Å². The Kier molecular flexibility index (Phi) is 11.1. The largest absolute Gasteiger partial charge is 0.438 e. The van der Waals surface area contributed by atoms with Crippen molar-refractivity contribution in [2.75, 3.05) is 13.6 Å². The van der Waals surface area contributed by atoms with E-state index in [1.54, 1.807) is 13.8 Å². The van der Waals surface area contributed by atoms with Gasteiger partial charge in [0.2, 0.25) is 0 Å². The number of carbonyl (C=O) groups is 2. The van der Waals surface area contributed by atoms with Gasteiger partial charge in [0, 0.05) is 12.8 Å². The number of hydrogen-bond acceptors (Lipinski definition) is 7. The molecule has 0 heterocycles. The first kappa shape index (κ1) is 19.3. The van der Waals surface area contributed by atoms with E-state index in [1.165, 1.54) is 12.2 Å². The Labute approximate surface area is 124 Å². The van der Waals surface area contributed by atoms with E-state index < -0.39 is 12.6 Å². The van der Waals surface area contributed by atoms with Gasteiger partial charge in [0.05, 0.1) is 0 Å². The van der Waals surface area contributed by atoms with Crippen LogP contribution < -0.4 is 0 Å². The monoisotopic (exact) mass is 302 g/mol. The zero-order chi connectivity index (χ0) is 16.1. The minimum Gasteiger partial charge on any atom is -0.438 e. The van der Waals surface area contributed by atoms with Gasteiger partial charge in [-0.3, -0.25) is 9.59 Å². The van der Waals surface area contributed by atoms with Crippen LogP contribution in [0, 0.1) is 0 Å². The zero-order valence-electron chi connectivity index (χ0n) is 12.4.